The van der Waals surface area contributed by atoms with E-state index >= 15 is 0 Å². The monoisotopic (exact) mass is 317 g/mol. The van der Waals surface area contributed by atoms with Crippen LogP contribution in [-0.4, -0.2) is 41.0 Å². The van der Waals surface area contributed by atoms with E-state index in [1.165, 1.54) is 5.52 Å². The zero-order chi connectivity index (χ0) is 16.1. The molecule has 0 amide bonds. The maximum atomic E-state index is 9.32. The van der Waals surface area contributed by atoms with Crippen molar-refractivity contribution in [1.29, 1.82) is 0 Å². The van der Waals surface area contributed by atoms with Crippen LogP contribution < -0.4 is 5.32 Å². The van der Waals surface area contributed by atoms with Gasteiger partial charge in [0.15, 0.2) is 0 Å². The lowest BCUT2D eigenvalue weighted by Crippen LogP contribution is -2.36. The molecule has 2 aromatic rings. The average molecular weight is 317 g/mol. The molecular weight excluding hydrogens is 290 g/mol. The van der Waals surface area contributed by atoms with Crippen LogP contribution in [0.15, 0.2) is 24.3 Å². The Labute approximate surface area is 137 Å². The number of imidazole rings is 1. The Morgan fingerprint density at radius 1 is 1.39 bits per heavy atom. The largest absolute Gasteiger partial charge is 0.396 e. The van der Waals surface area contributed by atoms with Crippen molar-refractivity contribution < 1.29 is 9.84 Å². The second-order valence-electron chi connectivity index (χ2n) is 6.55. The van der Waals surface area contributed by atoms with Crippen LogP contribution in [0, 0.1) is 5.41 Å². The van der Waals surface area contributed by atoms with Gasteiger partial charge in [-0.1, -0.05) is 19.1 Å². The summed E-state index contributed by atoms with van der Waals surface area (Å²) in [6.07, 6.45) is 2.91. The predicted molar refractivity (Wildman–Crippen MR) is 91.3 cm³/mol. The van der Waals surface area contributed by atoms with E-state index in [4.69, 9.17) is 9.72 Å². The number of aryl methyl sites for hydroxylation is 1. The lowest BCUT2D eigenvalue weighted by Gasteiger charge is -2.26. The number of nitrogens with one attached hydrogen (secondary N) is 1. The molecule has 1 aromatic heterocycles. The normalized spacial score (nSPS) is 21.3. The standard InChI is InChI=1S/C18H27N3O2/c1-2-9-21-16-6-4-3-5-15(16)20-17(21)12-19-13-18(7-10-22)8-11-23-14-18/h3-6,19,22H,2,7-14H2,1H3. The maximum absolute atomic E-state index is 9.32. The summed E-state index contributed by atoms with van der Waals surface area (Å²) in [4.78, 5) is 4.78. The first-order valence-corrected chi connectivity index (χ1v) is 8.61. The molecule has 0 radical (unpaired) electrons. The topological polar surface area (TPSA) is 59.3 Å². The van der Waals surface area contributed by atoms with Gasteiger partial charge in [0, 0.05) is 31.7 Å². The summed E-state index contributed by atoms with van der Waals surface area (Å²) in [5, 5.41) is 12.9. The van der Waals surface area contributed by atoms with Gasteiger partial charge in [-0.25, -0.2) is 4.98 Å². The van der Waals surface area contributed by atoms with E-state index in [2.05, 4.69) is 35.0 Å². The fourth-order valence-electron chi connectivity index (χ4n) is 3.48. The van der Waals surface area contributed by atoms with E-state index in [0.717, 1.165) is 63.5 Å². The molecule has 1 aliphatic rings. The molecule has 1 aliphatic heterocycles. The third-order valence-corrected chi connectivity index (χ3v) is 4.79. The van der Waals surface area contributed by atoms with E-state index in [-0.39, 0.29) is 12.0 Å². The molecule has 1 atom stereocenters. The maximum Gasteiger partial charge on any atom is 0.123 e. The van der Waals surface area contributed by atoms with Crippen molar-refractivity contribution in [2.24, 2.45) is 5.41 Å². The molecule has 2 N–H and O–H groups in total. The summed E-state index contributed by atoms with van der Waals surface area (Å²) in [5.41, 5.74) is 2.35. The van der Waals surface area contributed by atoms with Gasteiger partial charge >= 0.3 is 0 Å². The van der Waals surface area contributed by atoms with Gasteiger partial charge < -0.3 is 19.7 Å². The highest BCUT2D eigenvalue weighted by Crippen LogP contribution is 2.31. The molecule has 1 saturated heterocycles. The third-order valence-electron chi connectivity index (χ3n) is 4.79. The van der Waals surface area contributed by atoms with Crippen LogP contribution in [0.5, 0.6) is 0 Å². The zero-order valence-electron chi connectivity index (χ0n) is 13.9. The molecule has 23 heavy (non-hydrogen) atoms. The number of hydrogen-bond donors (Lipinski definition) is 2. The molecule has 0 aliphatic carbocycles. The minimum absolute atomic E-state index is 0.0797. The van der Waals surface area contributed by atoms with Gasteiger partial charge in [0.05, 0.1) is 24.2 Å². The van der Waals surface area contributed by atoms with Crippen molar-refractivity contribution >= 4 is 11.0 Å². The summed E-state index contributed by atoms with van der Waals surface area (Å²) < 4.78 is 7.87. The SMILES string of the molecule is CCCn1c(CNCC2(CCO)CCOC2)nc2ccccc21. The Morgan fingerprint density at radius 3 is 3.00 bits per heavy atom. The first kappa shape index (κ1) is 16.4. The van der Waals surface area contributed by atoms with Crippen molar-refractivity contribution in [2.45, 2.75) is 39.3 Å². The molecule has 1 unspecified atom stereocenters. The lowest BCUT2D eigenvalue weighted by molar-refractivity contribution is 0.124. The quantitative estimate of drug-likeness (QED) is 0.784. The third kappa shape index (κ3) is 3.57. The molecule has 5 nitrogen and oxygen atoms in total. The number of rotatable bonds is 8. The average Bonchev–Trinajstić information content (AvgIpc) is 3.14. The van der Waals surface area contributed by atoms with Crippen LogP contribution in [0.3, 0.4) is 0 Å². The Morgan fingerprint density at radius 2 is 2.26 bits per heavy atom. The highest BCUT2D eigenvalue weighted by atomic mass is 16.5. The first-order valence-electron chi connectivity index (χ1n) is 8.61. The number of ether oxygens (including phenoxy) is 1. The molecule has 126 valence electrons. The Hall–Kier alpha value is -1.43. The summed E-state index contributed by atoms with van der Waals surface area (Å²) in [5.74, 6) is 1.09. The van der Waals surface area contributed by atoms with Gasteiger partial charge in [-0.3, -0.25) is 0 Å². The number of nitrogens with zero attached hydrogens (tertiary/aromatic N) is 2. The summed E-state index contributed by atoms with van der Waals surface area (Å²) in [6.45, 7) is 6.56. The van der Waals surface area contributed by atoms with E-state index in [9.17, 15) is 5.11 Å². The van der Waals surface area contributed by atoms with Gasteiger partial charge in [-0.2, -0.15) is 0 Å². The summed E-state index contributed by atoms with van der Waals surface area (Å²) in [7, 11) is 0. The van der Waals surface area contributed by atoms with Crippen LogP contribution in [0.1, 0.15) is 32.0 Å². The highest BCUT2D eigenvalue weighted by Gasteiger charge is 2.34. The van der Waals surface area contributed by atoms with Crippen LogP contribution in [-0.2, 0) is 17.8 Å². The van der Waals surface area contributed by atoms with Crippen LogP contribution in [0.25, 0.3) is 11.0 Å². The first-order chi connectivity index (χ1) is 11.3. The summed E-state index contributed by atoms with van der Waals surface area (Å²) in [6, 6.07) is 8.32. The van der Waals surface area contributed by atoms with Crippen LogP contribution >= 0.6 is 0 Å². The smallest absolute Gasteiger partial charge is 0.123 e. The van der Waals surface area contributed by atoms with Crippen molar-refractivity contribution in [2.75, 3.05) is 26.4 Å². The van der Waals surface area contributed by atoms with Crippen molar-refractivity contribution in [3.8, 4) is 0 Å². The molecular formula is C18H27N3O2. The zero-order valence-corrected chi connectivity index (χ0v) is 13.9. The molecule has 1 fully saturated rings. The second-order valence-corrected chi connectivity index (χ2v) is 6.55. The lowest BCUT2D eigenvalue weighted by atomic mass is 9.84. The Bertz CT molecular complexity index is 632. The number of fused-ring (bicyclic) bond motifs is 1. The van der Waals surface area contributed by atoms with Crippen molar-refractivity contribution in [1.82, 2.24) is 14.9 Å². The molecule has 5 heteroatoms. The molecule has 0 bridgehead atoms. The molecule has 2 heterocycles. The van der Waals surface area contributed by atoms with E-state index in [1.807, 2.05) is 6.07 Å². The Balaban J connectivity index is 1.70. The van der Waals surface area contributed by atoms with E-state index in [0.29, 0.717) is 0 Å². The van der Waals surface area contributed by atoms with Crippen LogP contribution in [0.2, 0.25) is 0 Å². The second kappa shape index (κ2) is 7.43. The number of para-hydroxylation sites is 2. The predicted octanol–water partition coefficient (Wildman–Crippen LogP) is 2.33. The molecule has 1 aromatic carbocycles. The number of aliphatic hydroxyl groups is 1. The van der Waals surface area contributed by atoms with Crippen LogP contribution in [0.4, 0.5) is 0 Å². The van der Waals surface area contributed by atoms with Gasteiger partial charge in [0.25, 0.3) is 0 Å². The van der Waals surface area contributed by atoms with Gasteiger partial charge in [0.2, 0.25) is 0 Å². The summed E-state index contributed by atoms with van der Waals surface area (Å²) >= 11 is 0. The van der Waals surface area contributed by atoms with Crippen molar-refractivity contribution in [3.63, 3.8) is 0 Å². The number of aliphatic hydroxyl groups excluding tert-OH is 1. The Kier molecular flexibility index (Phi) is 5.30. The van der Waals surface area contributed by atoms with Gasteiger partial charge in [-0.05, 0) is 31.4 Å². The number of hydrogen-bond acceptors (Lipinski definition) is 4. The number of benzene rings is 1. The fourth-order valence-corrected chi connectivity index (χ4v) is 3.48. The minimum Gasteiger partial charge on any atom is -0.396 e. The molecule has 3 rings (SSSR count). The number of aromatic nitrogens is 2. The highest BCUT2D eigenvalue weighted by molar-refractivity contribution is 5.75. The minimum atomic E-state index is 0.0797. The van der Waals surface area contributed by atoms with Gasteiger partial charge in [-0.15, -0.1) is 0 Å². The molecule has 0 spiro atoms. The van der Waals surface area contributed by atoms with Gasteiger partial charge in [0.1, 0.15) is 5.82 Å². The van der Waals surface area contributed by atoms with E-state index in [1.54, 1.807) is 0 Å². The van der Waals surface area contributed by atoms with E-state index < -0.39 is 0 Å². The fraction of sp³-hybridized carbons (Fsp3) is 0.611. The molecule has 0 saturated carbocycles. The van der Waals surface area contributed by atoms with Crippen molar-refractivity contribution in [3.05, 3.63) is 30.1 Å².